The van der Waals surface area contributed by atoms with Crippen LogP contribution in [0, 0.1) is 0 Å². The third-order valence-corrected chi connectivity index (χ3v) is 6.10. The SMILES string of the molecule is COc1ccccc1[C@@]1(O)CCCN(C[C@H](O)c2ccc3c(c2)CCC3)C1. The van der Waals surface area contributed by atoms with Crippen molar-refractivity contribution in [1.29, 1.82) is 0 Å². The Balaban J connectivity index is 1.48. The van der Waals surface area contributed by atoms with Crippen molar-refractivity contribution < 1.29 is 14.9 Å². The maximum Gasteiger partial charge on any atom is 0.124 e. The molecule has 144 valence electrons. The Morgan fingerprint density at radius 3 is 2.78 bits per heavy atom. The maximum absolute atomic E-state index is 11.3. The first-order valence-corrected chi connectivity index (χ1v) is 9.97. The number of methoxy groups -OCH3 is 1. The first-order chi connectivity index (χ1) is 13.1. The molecule has 1 heterocycles. The lowest BCUT2D eigenvalue weighted by molar-refractivity contribution is -0.0474. The van der Waals surface area contributed by atoms with Crippen molar-refractivity contribution >= 4 is 0 Å². The number of fused-ring (bicyclic) bond motifs is 1. The van der Waals surface area contributed by atoms with E-state index >= 15 is 0 Å². The van der Waals surface area contributed by atoms with Crippen LogP contribution in [0.4, 0.5) is 0 Å². The van der Waals surface area contributed by atoms with Crippen LogP contribution in [0.25, 0.3) is 0 Å². The summed E-state index contributed by atoms with van der Waals surface area (Å²) < 4.78 is 5.46. The van der Waals surface area contributed by atoms with E-state index in [1.54, 1.807) is 7.11 Å². The molecule has 0 radical (unpaired) electrons. The maximum atomic E-state index is 11.3. The number of aliphatic hydroxyl groups excluding tert-OH is 1. The average Bonchev–Trinajstić information content (AvgIpc) is 3.16. The van der Waals surface area contributed by atoms with Crippen molar-refractivity contribution in [3.05, 3.63) is 64.7 Å². The van der Waals surface area contributed by atoms with Crippen molar-refractivity contribution in [2.45, 2.75) is 43.8 Å². The Kier molecular flexibility index (Phi) is 5.22. The fourth-order valence-corrected chi connectivity index (χ4v) is 4.68. The molecule has 0 bridgehead atoms. The topological polar surface area (TPSA) is 52.9 Å². The Morgan fingerprint density at radius 1 is 1.11 bits per heavy atom. The fourth-order valence-electron chi connectivity index (χ4n) is 4.68. The van der Waals surface area contributed by atoms with Gasteiger partial charge in [-0.3, -0.25) is 4.90 Å². The highest BCUT2D eigenvalue weighted by Gasteiger charge is 2.37. The van der Waals surface area contributed by atoms with Gasteiger partial charge in [0.2, 0.25) is 0 Å². The van der Waals surface area contributed by atoms with E-state index in [2.05, 4.69) is 23.1 Å². The van der Waals surface area contributed by atoms with Crippen molar-refractivity contribution in [2.24, 2.45) is 0 Å². The highest BCUT2D eigenvalue weighted by Crippen LogP contribution is 2.37. The molecule has 0 saturated carbocycles. The molecule has 27 heavy (non-hydrogen) atoms. The summed E-state index contributed by atoms with van der Waals surface area (Å²) in [7, 11) is 1.64. The Bertz CT molecular complexity index is 806. The van der Waals surface area contributed by atoms with Crippen LogP contribution in [0.15, 0.2) is 42.5 Å². The van der Waals surface area contributed by atoms with E-state index < -0.39 is 11.7 Å². The Labute approximate surface area is 161 Å². The summed E-state index contributed by atoms with van der Waals surface area (Å²) in [5.41, 5.74) is 3.69. The van der Waals surface area contributed by atoms with Crippen LogP contribution in [0.2, 0.25) is 0 Å². The standard InChI is InChI=1S/C23H29NO3/c1-27-22-9-3-2-8-20(22)23(26)12-5-13-24(16-23)15-21(25)19-11-10-17-6-4-7-18(17)14-19/h2-3,8-11,14,21,25-26H,4-7,12-13,15-16H2,1H3/t21-,23+/m0/s1. The molecule has 4 heteroatoms. The number of para-hydroxylation sites is 1. The molecule has 4 nitrogen and oxygen atoms in total. The van der Waals surface area contributed by atoms with Crippen LogP contribution < -0.4 is 4.74 Å². The van der Waals surface area contributed by atoms with Gasteiger partial charge in [-0.2, -0.15) is 0 Å². The summed E-state index contributed by atoms with van der Waals surface area (Å²) in [6, 6.07) is 14.1. The van der Waals surface area contributed by atoms with Gasteiger partial charge in [-0.15, -0.1) is 0 Å². The molecular formula is C23H29NO3. The molecule has 0 amide bonds. The van der Waals surface area contributed by atoms with E-state index in [0.717, 1.165) is 42.7 Å². The number of ether oxygens (including phenoxy) is 1. The Hall–Kier alpha value is -1.88. The molecule has 1 fully saturated rings. The van der Waals surface area contributed by atoms with Gasteiger partial charge < -0.3 is 14.9 Å². The van der Waals surface area contributed by atoms with Crippen LogP contribution in [0.3, 0.4) is 0 Å². The third-order valence-electron chi connectivity index (χ3n) is 6.10. The lowest BCUT2D eigenvalue weighted by atomic mass is 9.85. The molecule has 4 rings (SSSR count). The van der Waals surface area contributed by atoms with Crippen LogP contribution in [0.1, 0.15) is 47.6 Å². The summed E-state index contributed by atoms with van der Waals surface area (Å²) in [4.78, 5) is 2.17. The molecule has 2 aromatic carbocycles. The summed E-state index contributed by atoms with van der Waals surface area (Å²) in [5, 5.41) is 22.1. The number of hydrogen-bond donors (Lipinski definition) is 2. The van der Waals surface area contributed by atoms with Crippen LogP contribution >= 0.6 is 0 Å². The first kappa shape index (κ1) is 18.5. The van der Waals surface area contributed by atoms with Crippen LogP contribution in [0.5, 0.6) is 5.75 Å². The second kappa shape index (κ2) is 7.63. The number of benzene rings is 2. The summed E-state index contributed by atoms with van der Waals surface area (Å²) in [6.45, 7) is 1.94. The predicted octanol–water partition coefficient (Wildman–Crippen LogP) is 3.20. The van der Waals surface area contributed by atoms with E-state index in [0.29, 0.717) is 19.5 Å². The lowest BCUT2D eigenvalue weighted by Crippen LogP contribution is -2.47. The first-order valence-electron chi connectivity index (χ1n) is 9.97. The second-order valence-electron chi connectivity index (χ2n) is 7.97. The molecular weight excluding hydrogens is 338 g/mol. The molecule has 0 spiro atoms. The molecule has 2 N–H and O–H groups in total. The van der Waals surface area contributed by atoms with Crippen molar-refractivity contribution in [1.82, 2.24) is 4.90 Å². The lowest BCUT2D eigenvalue weighted by Gasteiger charge is -2.40. The van der Waals surface area contributed by atoms with E-state index in [9.17, 15) is 10.2 Å². The Morgan fingerprint density at radius 2 is 1.93 bits per heavy atom. The molecule has 2 aliphatic rings. The highest BCUT2D eigenvalue weighted by atomic mass is 16.5. The monoisotopic (exact) mass is 367 g/mol. The van der Waals surface area contributed by atoms with E-state index in [1.165, 1.54) is 17.5 Å². The molecule has 2 atom stereocenters. The van der Waals surface area contributed by atoms with Crippen molar-refractivity contribution in [3.63, 3.8) is 0 Å². The number of aliphatic hydroxyl groups is 2. The highest BCUT2D eigenvalue weighted by molar-refractivity contribution is 5.39. The zero-order valence-electron chi connectivity index (χ0n) is 16.0. The molecule has 1 aliphatic carbocycles. The van der Waals surface area contributed by atoms with Crippen molar-refractivity contribution in [2.75, 3.05) is 26.7 Å². The molecule has 1 saturated heterocycles. The van der Waals surface area contributed by atoms with E-state index in [-0.39, 0.29) is 0 Å². The van der Waals surface area contributed by atoms with Gasteiger partial charge in [0.05, 0.1) is 13.2 Å². The molecule has 1 aliphatic heterocycles. The van der Waals surface area contributed by atoms with Gasteiger partial charge in [0, 0.05) is 18.7 Å². The summed E-state index contributed by atoms with van der Waals surface area (Å²) in [6.07, 6.45) is 4.56. The van der Waals surface area contributed by atoms with Crippen molar-refractivity contribution in [3.8, 4) is 5.75 Å². The number of hydrogen-bond acceptors (Lipinski definition) is 4. The van der Waals surface area contributed by atoms with Gasteiger partial charge in [-0.05, 0) is 61.4 Å². The summed E-state index contributed by atoms with van der Waals surface area (Å²) >= 11 is 0. The molecule has 2 aromatic rings. The number of rotatable bonds is 5. The van der Waals surface area contributed by atoms with Gasteiger partial charge in [-0.1, -0.05) is 36.4 Å². The van der Waals surface area contributed by atoms with Crippen LogP contribution in [-0.4, -0.2) is 41.9 Å². The van der Waals surface area contributed by atoms with Gasteiger partial charge in [0.15, 0.2) is 0 Å². The predicted molar refractivity (Wildman–Crippen MR) is 106 cm³/mol. The van der Waals surface area contributed by atoms with E-state index in [1.807, 2.05) is 24.3 Å². The van der Waals surface area contributed by atoms with Crippen LogP contribution in [-0.2, 0) is 18.4 Å². The average molecular weight is 367 g/mol. The van der Waals surface area contributed by atoms with Gasteiger partial charge in [-0.25, -0.2) is 0 Å². The number of piperidine rings is 1. The zero-order chi connectivity index (χ0) is 18.9. The second-order valence-corrected chi connectivity index (χ2v) is 7.97. The normalized spacial score (nSPS) is 23.8. The number of nitrogens with zero attached hydrogens (tertiary/aromatic N) is 1. The number of β-amino-alcohol motifs (C(OH)–C–C–N with tert-alkyl or cyclic N) is 2. The zero-order valence-corrected chi connectivity index (χ0v) is 16.0. The molecule has 0 aromatic heterocycles. The minimum absolute atomic E-state index is 0.509. The van der Waals surface area contributed by atoms with Gasteiger partial charge in [0.1, 0.15) is 11.4 Å². The summed E-state index contributed by atoms with van der Waals surface area (Å²) in [5.74, 6) is 0.723. The number of likely N-dealkylation sites (tertiary alicyclic amines) is 1. The largest absolute Gasteiger partial charge is 0.496 e. The van der Waals surface area contributed by atoms with Gasteiger partial charge in [0.25, 0.3) is 0 Å². The third kappa shape index (κ3) is 3.75. The van der Waals surface area contributed by atoms with Gasteiger partial charge >= 0.3 is 0 Å². The molecule has 0 unspecified atom stereocenters. The minimum Gasteiger partial charge on any atom is -0.496 e. The fraction of sp³-hybridized carbons (Fsp3) is 0.478. The number of aryl methyl sites for hydroxylation is 2. The quantitative estimate of drug-likeness (QED) is 0.852. The minimum atomic E-state index is -0.942. The van der Waals surface area contributed by atoms with E-state index in [4.69, 9.17) is 4.74 Å². The smallest absolute Gasteiger partial charge is 0.124 e.